The summed E-state index contributed by atoms with van der Waals surface area (Å²) in [4.78, 5) is 10.8. The number of benzene rings is 1. The molecular weight excluding hydrogens is 264 g/mol. The van der Waals surface area contributed by atoms with Gasteiger partial charge in [-0.3, -0.25) is 5.10 Å². The van der Waals surface area contributed by atoms with Crippen LogP contribution < -0.4 is 4.74 Å². The highest BCUT2D eigenvalue weighted by Gasteiger charge is 2.14. The highest BCUT2D eigenvalue weighted by molar-refractivity contribution is 9.10. The summed E-state index contributed by atoms with van der Waals surface area (Å²) < 4.78 is 5.78. The average Bonchev–Trinajstić information content (AvgIpc) is 2.59. The monoisotopic (exact) mass is 270 g/mol. The quantitative estimate of drug-likeness (QED) is 0.876. The maximum absolute atomic E-state index is 10.8. The van der Waals surface area contributed by atoms with E-state index in [2.05, 4.69) is 26.1 Å². The van der Waals surface area contributed by atoms with E-state index in [0.717, 1.165) is 0 Å². The fourth-order valence-corrected chi connectivity index (χ4v) is 1.84. The standard InChI is InChI=1S/C9H7BrN2O3/c1-15-7-3-6-4(2-5(7)10)8(9(13)14)12-11-6/h2-3H,1H3,(H,11,12)(H,13,14). The van der Waals surface area contributed by atoms with Gasteiger partial charge in [0.1, 0.15) is 5.75 Å². The van der Waals surface area contributed by atoms with E-state index in [1.54, 1.807) is 19.2 Å². The van der Waals surface area contributed by atoms with E-state index < -0.39 is 5.97 Å². The van der Waals surface area contributed by atoms with Crippen LogP contribution in [0.25, 0.3) is 10.9 Å². The van der Waals surface area contributed by atoms with Crippen LogP contribution >= 0.6 is 15.9 Å². The highest BCUT2D eigenvalue weighted by atomic mass is 79.9. The normalized spacial score (nSPS) is 10.5. The van der Waals surface area contributed by atoms with Crippen LogP contribution in [-0.2, 0) is 0 Å². The Bertz CT molecular complexity index is 535. The van der Waals surface area contributed by atoms with E-state index in [9.17, 15) is 4.79 Å². The van der Waals surface area contributed by atoms with Crippen LogP contribution in [0.15, 0.2) is 16.6 Å². The lowest BCUT2D eigenvalue weighted by Crippen LogP contribution is -1.96. The van der Waals surface area contributed by atoms with Crippen LogP contribution in [0.3, 0.4) is 0 Å². The second-order valence-electron chi connectivity index (χ2n) is 2.91. The Morgan fingerprint density at radius 1 is 1.60 bits per heavy atom. The number of rotatable bonds is 2. The molecule has 0 aliphatic rings. The van der Waals surface area contributed by atoms with E-state index in [1.165, 1.54) is 0 Å². The first-order chi connectivity index (χ1) is 7.13. The van der Waals surface area contributed by atoms with Crippen LogP contribution in [-0.4, -0.2) is 28.4 Å². The smallest absolute Gasteiger partial charge is 0.357 e. The Hall–Kier alpha value is -1.56. The number of aromatic amines is 1. The molecule has 78 valence electrons. The number of nitrogens with zero attached hydrogens (tertiary/aromatic N) is 1. The molecule has 0 spiro atoms. The van der Waals surface area contributed by atoms with E-state index in [1.807, 2.05) is 0 Å². The first-order valence-corrected chi connectivity index (χ1v) is 4.87. The zero-order valence-electron chi connectivity index (χ0n) is 7.74. The van der Waals surface area contributed by atoms with E-state index in [-0.39, 0.29) is 5.69 Å². The number of fused-ring (bicyclic) bond motifs is 1. The van der Waals surface area contributed by atoms with Crippen LogP contribution in [0, 0.1) is 0 Å². The summed E-state index contributed by atoms with van der Waals surface area (Å²) in [7, 11) is 1.54. The summed E-state index contributed by atoms with van der Waals surface area (Å²) in [5.74, 6) is -0.429. The number of carboxylic acid groups (broad SMARTS) is 1. The SMILES string of the molecule is COc1cc2[nH]nc(C(=O)O)c2cc1Br. The molecule has 2 aromatic rings. The second-order valence-corrected chi connectivity index (χ2v) is 3.76. The number of nitrogens with one attached hydrogen (secondary N) is 1. The van der Waals surface area contributed by atoms with Gasteiger partial charge in [-0.1, -0.05) is 0 Å². The van der Waals surface area contributed by atoms with Gasteiger partial charge < -0.3 is 9.84 Å². The number of hydrogen-bond donors (Lipinski definition) is 2. The predicted octanol–water partition coefficient (Wildman–Crippen LogP) is 2.03. The third-order valence-corrected chi connectivity index (χ3v) is 2.66. The zero-order valence-corrected chi connectivity index (χ0v) is 9.33. The highest BCUT2D eigenvalue weighted by Crippen LogP contribution is 2.30. The van der Waals surface area contributed by atoms with Gasteiger partial charge >= 0.3 is 5.97 Å². The Morgan fingerprint density at radius 3 is 2.93 bits per heavy atom. The number of ether oxygens (including phenoxy) is 1. The minimum absolute atomic E-state index is 0.00773. The minimum Gasteiger partial charge on any atom is -0.495 e. The molecule has 5 nitrogen and oxygen atoms in total. The van der Waals surface area contributed by atoms with Gasteiger partial charge in [0.05, 0.1) is 17.1 Å². The van der Waals surface area contributed by atoms with Gasteiger partial charge in [0.2, 0.25) is 0 Å². The lowest BCUT2D eigenvalue weighted by atomic mass is 10.2. The summed E-state index contributed by atoms with van der Waals surface area (Å²) in [6.07, 6.45) is 0. The molecule has 0 bridgehead atoms. The van der Waals surface area contributed by atoms with Crippen molar-refractivity contribution < 1.29 is 14.6 Å². The largest absolute Gasteiger partial charge is 0.495 e. The Kier molecular flexibility index (Phi) is 2.36. The molecule has 1 aromatic carbocycles. The van der Waals surface area contributed by atoms with Gasteiger partial charge in [-0.25, -0.2) is 4.79 Å². The molecule has 1 aromatic heterocycles. The lowest BCUT2D eigenvalue weighted by Gasteiger charge is -2.02. The molecular formula is C9H7BrN2O3. The van der Waals surface area contributed by atoms with Gasteiger partial charge in [-0.2, -0.15) is 5.10 Å². The van der Waals surface area contributed by atoms with E-state index in [4.69, 9.17) is 9.84 Å². The van der Waals surface area contributed by atoms with Crippen molar-refractivity contribution in [3.8, 4) is 5.75 Å². The summed E-state index contributed by atoms with van der Waals surface area (Å²) in [6.45, 7) is 0. The molecule has 0 unspecified atom stereocenters. The van der Waals surface area contributed by atoms with Crippen LogP contribution in [0.4, 0.5) is 0 Å². The Labute approximate surface area is 93.2 Å². The molecule has 0 saturated carbocycles. The van der Waals surface area contributed by atoms with Gasteiger partial charge in [0.25, 0.3) is 0 Å². The average molecular weight is 271 g/mol. The fraction of sp³-hybridized carbons (Fsp3) is 0.111. The summed E-state index contributed by atoms with van der Waals surface area (Å²) >= 11 is 3.29. The van der Waals surface area contributed by atoms with E-state index >= 15 is 0 Å². The number of H-pyrrole nitrogens is 1. The van der Waals surface area contributed by atoms with Crippen LogP contribution in [0.2, 0.25) is 0 Å². The maximum Gasteiger partial charge on any atom is 0.357 e. The number of halogens is 1. The summed E-state index contributed by atoms with van der Waals surface area (Å²) in [5.41, 5.74) is 0.640. The number of methoxy groups -OCH3 is 1. The van der Waals surface area contributed by atoms with E-state index in [0.29, 0.717) is 21.1 Å². The maximum atomic E-state index is 10.8. The molecule has 0 aliphatic heterocycles. The summed E-state index contributed by atoms with van der Waals surface area (Å²) in [5, 5.41) is 15.8. The van der Waals surface area contributed by atoms with Crippen molar-refractivity contribution in [2.45, 2.75) is 0 Å². The number of carbonyl (C=O) groups is 1. The Balaban J connectivity index is 2.73. The van der Waals surface area contributed by atoms with Crippen LogP contribution in [0.1, 0.15) is 10.5 Å². The number of aromatic carboxylic acids is 1. The first kappa shape index (κ1) is 9.97. The van der Waals surface area contributed by atoms with Crippen molar-refractivity contribution in [2.75, 3.05) is 7.11 Å². The number of aromatic nitrogens is 2. The second kappa shape index (κ2) is 3.54. The molecule has 2 rings (SSSR count). The molecule has 6 heteroatoms. The number of carboxylic acids is 1. The lowest BCUT2D eigenvalue weighted by molar-refractivity contribution is 0.0692. The topological polar surface area (TPSA) is 75.2 Å². The summed E-state index contributed by atoms with van der Waals surface area (Å²) in [6, 6.07) is 3.36. The van der Waals surface area contributed by atoms with Crippen molar-refractivity contribution in [3.63, 3.8) is 0 Å². The molecule has 0 fully saturated rings. The molecule has 15 heavy (non-hydrogen) atoms. The first-order valence-electron chi connectivity index (χ1n) is 4.08. The molecule has 2 N–H and O–H groups in total. The predicted molar refractivity (Wildman–Crippen MR) is 57.3 cm³/mol. The van der Waals surface area contributed by atoms with Crippen LogP contribution in [0.5, 0.6) is 5.75 Å². The third-order valence-electron chi connectivity index (χ3n) is 2.04. The molecule has 0 saturated heterocycles. The van der Waals surface area contributed by atoms with Crippen molar-refractivity contribution in [1.29, 1.82) is 0 Å². The molecule has 0 aliphatic carbocycles. The van der Waals surface area contributed by atoms with Gasteiger partial charge in [0, 0.05) is 11.5 Å². The van der Waals surface area contributed by atoms with Crippen molar-refractivity contribution in [3.05, 3.63) is 22.3 Å². The molecule has 0 amide bonds. The molecule has 1 heterocycles. The number of hydrogen-bond acceptors (Lipinski definition) is 3. The van der Waals surface area contributed by atoms with Gasteiger partial charge in [-0.15, -0.1) is 0 Å². The Morgan fingerprint density at radius 2 is 2.33 bits per heavy atom. The van der Waals surface area contributed by atoms with Crippen molar-refractivity contribution >= 4 is 32.8 Å². The van der Waals surface area contributed by atoms with Crippen molar-refractivity contribution in [2.24, 2.45) is 0 Å². The van der Waals surface area contributed by atoms with Gasteiger partial charge in [-0.05, 0) is 22.0 Å². The molecule has 0 atom stereocenters. The van der Waals surface area contributed by atoms with Crippen molar-refractivity contribution in [1.82, 2.24) is 10.2 Å². The molecule has 0 radical (unpaired) electrons. The van der Waals surface area contributed by atoms with Gasteiger partial charge in [0.15, 0.2) is 5.69 Å². The fourth-order valence-electron chi connectivity index (χ4n) is 1.34. The minimum atomic E-state index is -1.06. The zero-order chi connectivity index (χ0) is 11.0. The third kappa shape index (κ3) is 1.56.